The molecule has 2 aliphatic rings. The van der Waals surface area contributed by atoms with Gasteiger partial charge in [0.05, 0.1) is 12.1 Å². The molecule has 0 spiro atoms. The lowest BCUT2D eigenvalue weighted by Gasteiger charge is -2.35. The van der Waals surface area contributed by atoms with Crippen molar-refractivity contribution >= 4 is 29.9 Å². The fraction of sp³-hybridized carbons (Fsp3) is 0.750. The van der Waals surface area contributed by atoms with Gasteiger partial charge in [0.2, 0.25) is 0 Å². The van der Waals surface area contributed by atoms with Gasteiger partial charge in [0.15, 0.2) is 5.96 Å². The van der Waals surface area contributed by atoms with Crippen molar-refractivity contribution in [1.82, 2.24) is 15.1 Å². The van der Waals surface area contributed by atoms with Crippen molar-refractivity contribution in [2.75, 3.05) is 46.4 Å². The van der Waals surface area contributed by atoms with Crippen molar-refractivity contribution in [3.63, 3.8) is 0 Å². The zero-order valence-corrected chi connectivity index (χ0v) is 19.3. The van der Waals surface area contributed by atoms with Crippen molar-refractivity contribution in [3.05, 3.63) is 23.7 Å². The fourth-order valence-electron chi connectivity index (χ4n) is 4.09. The number of piperidine rings is 1. The predicted octanol–water partition coefficient (Wildman–Crippen LogP) is 3.42. The maximum atomic E-state index is 5.96. The van der Waals surface area contributed by atoms with Crippen LogP contribution in [0.2, 0.25) is 0 Å². The number of hydrogen-bond donors (Lipinski definition) is 1. The van der Waals surface area contributed by atoms with Gasteiger partial charge in [-0.25, -0.2) is 0 Å². The van der Waals surface area contributed by atoms with Gasteiger partial charge in [-0.3, -0.25) is 9.89 Å². The highest BCUT2D eigenvalue weighted by Gasteiger charge is 2.27. The Balaban J connectivity index is 0.00000261. The molecule has 1 aromatic rings. The third kappa shape index (κ3) is 6.09. The third-order valence-corrected chi connectivity index (χ3v) is 5.48. The first-order valence-electron chi connectivity index (χ1n) is 10.1. The highest BCUT2D eigenvalue weighted by Crippen LogP contribution is 2.26. The molecule has 6 nitrogen and oxygen atoms in total. The predicted molar refractivity (Wildman–Crippen MR) is 120 cm³/mol. The summed E-state index contributed by atoms with van der Waals surface area (Å²) in [6, 6.07) is 4.45. The van der Waals surface area contributed by atoms with Crippen molar-refractivity contribution in [2.45, 2.75) is 51.7 Å². The number of aliphatic imine (C=N–C) groups is 1. The second-order valence-corrected chi connectivity index (χ2v) is 7.28. The molecule has 0 aliphatic carbocycles. The van der Waals surface area contributed by atoms with Crippen molar-refractivity contribution in [2.24, 2.45) is 4.99 Å². The summed E-state index contributed by atoms with van der Waals surface area (Å²) in [6.07, 6.45) is 5.09. The molecular formula is C20H35IN4O2. The standard InChI is InChI=1S/C20H34N4O2.HI/c1-4-25-17-9-13-24(14-10-17)20(21-3)22-15-18(23-11-5-6-12-23)19-8-7-16(2)26-19;/h7-8,17-18H,4-6,9-15H2,1-3H3,(H,21,22);1H. The SMILES string of the molecule is CCOC1CCN(C(=NC)NCC(c2ccc(C)o2)N2CCCC2)CC1.I. The zero-order valence-electron chi connectivity index (χ0n) is 16.9. The maximum Gasteiger partial charge on any atom is 0.193 e. The van der Waals surface area contributed by atoms with Gasteiger partial charge < -0.3 is 19.4 Å². The average molecular weight is 490 g/mol. The van der Waals surface area contributed by atoms with E-state index in [0.29, 0.717) is 6.10 Å². The lowest BCUT2D eigenvalue weighted by Crippen LogP contribution is -2.48. The molecular weight excluding hydrogens is 455 g/mol. The van der Waals surface area contributed by atoms with Crippen LogP contribution in [0.4, 0.5) is 0 Å². The summed E-state index contributed by atoms with van der Waals surface area (Å²) < 4.78 is 11.7. The molecule has 1 unspecified atom stereocenters. The number of likely N-dealkylation sites (tertiary alicyclic amines) is 2. The maximum absolute atomic E-state index is 5.96. The zero-order chi connectivity index (χ0) is 18.4. The normalized spacial score (nSPS) is 20.6. The third-order valence-electron chi connectivity index (χ3n) is 5.48. The number of hydrogen-bond acceptors (Lipinski definition) is 4. The van der Waals surface area contributed by atoms with Crippen LogP contribution in [-0.2, 0) is 4.74 Å². The first-order valence-corrected chi connectivity index (χ1v) is 10.1. The quantitative estimate of drug-likeness (QED) is 0.377. The molecule has 3 rings (SSSR count). The first-order chi connectivity index (χ1) is 12.7. The summed E-state index contributed by atoms with van der Waals surface area (Å²) in [4.78, 5) is 9.40. The number of halogens is 1. The van der Waals surface area contributed by atoms with Gasteiger partial charge in [0, 0.05) is 33.3 Å². The van der Waals surface area contributed by atoms with Crippen LogP contribution < -0.4 is 5.32 Å². The number of aryl methyl sites for hydroxylation is 1. The lowest BCUT2D eigenvalue weighted by atomic mass is 10.1. The van der Waals surface area contributed by atoms with E-state index in [2.05, 4.69) is 39.2 Å². The van der Waals surface area contributed by atoms with Crippen molar-refractivity contribution in [3.8, 4) is 0 Å². The van der Waals surface area contributed by atoms with Crippen LogP contribution >= 0.6 is 24.0 Å². The molecule has 0 amide bonds. The summed E-state index contributed by atoms with van der Waals surface area (Å²) in [5.74, 6) is 3.03. The number of guanidine groups is 1. The fourth-order valence-corrected chi connectivity index (χ4v) is 4.09. The molecule has 2 aliphatic heterocycles. The van der Waals surface area contributed by atoms with Gasteiger partial charge in [-0.1, -0.05) is 0 Å². The minimum Gasteiger partial charge on any atom is -0.465 e. The molecule has 0 saturated carbocycles. The molecule has 27 heavy (non-hydrogen) atoms. The molecule has 3 heterocycles. The summed E-state index contributed by atoms with van der Waals surface area (Å²) >= 11 is 0. The number of furan rings is 1. The van der Waals surface area contributed by atoms with Crippen LogP contribution in [0.3, 0.4) is 0 Å². The van der Waals surface area contributed by atoms with E-state index in [1.54, 1.807) is 0 Å². The van der Waals surface area contributed by atoms with Crippen LogP contribution in [0.5, 0.6) is 0 Å². The van der Waals surface area contributed by atoms with E-state index in [1.165, 1.54) is 12.8 Å². The molecule has 1 atom stereocenters. The number of rotatable bonds is 6. The van der Waals surface area contributed by atoms with Gasteiger partial charge in [-0.15, -0.1) is 24.0 Å². The van der Waals surface area contributed by atoms with Crippen molar-refractivity contribution in [1.29, 1.82) is 0 Å². The largest absolute Gasteiger partial charge is 0.465 e. The van der Waals surface area contributed by atoms with E-state index >= 15 is 0 Å². The molecule has 154 valence electrons. The van der Waals surface area contributed by atoms with Gasteiger partial charge in [-0.2, -0.15) is 0 Å². The Hall–Kier alpha value is -0.800. The van der Waals surface area contributed by atoms with Crippen LogP contribution in [-0.4, -0.2) is 68.2 Å². The Morgan fingerprint density at radius 1 is 1.26 bits per heavy atom. The summed E-state index contributed by atoms with van der Waals surface area (Å²) in [5, 5.41) is 3.60. The molecule has 0 radical (unpaired) electrons. The van der Waals surface area contributed by atoms with E-state index in [4.69, 9.17) is 9.15 Å². The summed E-state index contributed by atoms with van der Waals surface area (Å²) in [7, 11) is 1.87. The topological polar surface area (TPSA) is 53.2 Å². The minimum absolute atomic E-state index is 0. The van der Waals surface area contributed by atoms with E-state index in [1.807, 2.05) is 14.0 Å². The van der Waals surface area contributed by atoms with Gasteiger partial charge >= 0.3 is 0 Å². The second-order valence-electron chi connectivity index (χ2n) is 7.28. The Morgan fingerprint density at radius 3 is 2.52 bits per heavy atom. The Bertz CT molecular complexity index is 578. The highest BCUT2D eigenvalue weighted by atomic mass is 127. The van der Waals surface area contributed by atoms with Crippen LogP contribution in [0.1, 0.15) is 50.2 Å². The summed E-state index contributed by atoms with van der Waals surface area (Å²) in [6.45, 7) is 10.00. The number of ether oxygens (including phenoxy) is 1. The van der Waals surface area contributed by atoms with Gasteiger partial charge in [-0.05, 0) is 64.8 Å². The molecule has 1 aromatic heterocycles. The van der Waals surface area contributed by atoms with Crippen LogP contribution in [0.15, 0.2) is 21.5 Å². The van der Waals surface area contributed by atoms with E-state index in [9.17, 15) is 0 Å². The van der Waals surface area contributed by atoms with E-state index in [0.717, 1.165) is 69.7 Å². The lowest BCUT2D eigenvalue weighted by molar-refractivity contribution is 0.0263. The Labute approximate surface area is 180 Å². The van der Waals surface area contributed by atoms with Gasteiger partial charge in [0.1, 0.15) is 11.5 Å². The highest BCUT2D eigenvalue weighted by molar-refractivity contribution is 14.0. The van der Waals surface area contributed by atoms with Gasteiger partial charge in [0.25, 0.3) is 0 Å². The molecule has 2 saturated heterocycles. The van der Waals surface area contributed by atoms with Crippen LogP contribution in [0.25, 0.3) is 0 Å². The summed E-state index contributed by atoms with van der Waals surface area (Å²) in [5.41, 5.74) is 0. The Morgan fingerprint density at radius 2 is 1.96 bits per heavy atom. The van der Waals surface area contributed by atoms with E-state index in [-0.39, 0.29) is 30.0 Å². The molecule has 1 N–H and O–H groups in total. The molecule has 2 fully saturated rings. The molecule has 0 aromatic carbocycles. The second kappa shape index (κ2) is 11.3. The van der Waals surface area contributed by atoms with Crippen molar-refractivity contribution < 1.29 is 9.15 Å². The molecule has 7 heteroatoms. The Kier molecular flexibility index (Phi) is 9.38. The van der Waals surface area contributed by atoms with Crippen LogP contribution in [0, 0.1) is 6.92 Å². The number of nitrogens with zero attached hydrogens (tertiary/aromatic N) is 3. The smallest absolute Gasteiger partial charge is 0.193 e. The first kappa shape index (κ1) is 22.5. The molecule has 0 bridgehead atoms. The van der Waals surface area contributed by atoms with E-state index < -0.39 is 0 Å². The number of nitrogens with one attached hydrogen (secondary N) is 1. The average Bonchev–Trinajstić information content (AvgIpc) is 3.32. The minimum atomic E-state index is 0. The monoisotopic (exact) mass is 490 g/mol.